The molecule has 0 amide bonds. The number of sulfonamides is 1. The van der Waals surface area contributed by atoms with Gasteiger partial charge in [0.05, 0.1) is 6.20 Å². The molecule has 0 unspecified atom stereocenters. The summed E-state index contributed by atoms with van der Waals surface area (Å²) < 4.78 is 26.7. The van der Waals surface area contributed by atoms with Crippen molar-refractivity contribution in [2.24, 2.45) is 0 Å². The molecule has 0 aliphatic rings. The predicted molar refractivity (Wildman–Crippen MR) is 68.8 cm³/mol. The highest BCUT2D eigenvalue weighted by Gasteiger charge is 2.19. The third-order valence-electron chi connectivity index (χ3n) is 2.52. The van der Waals surface area contributed by atoms with E-state index in [9.17, 15) is 8.42 Å². The highest BCUT2D eigenvalue weighted by Crippen LogP contribution is 2.11. The fourth-order valence-corrected chi connectivity index (χ4v) is 2.82. The standard InChI is InChI=1S/C10H16N6O2S/c1-11-6-8-7-14-16-10(8)19(17,18)15-3-2-9-12-4-5-13-9/h4-5,7,11,15H,2-3,6H2,1H3,(H,12,13)(H,14,16). The molecule has 2 heterocycles. The first kappa shape index (κ1) is 13.7. The van der Waals surface area contributed by atoms with Crippen LogP contribution >= 0.6 is 0 Å². The molecule has 104 valence electrons. The number of H-pyrrole nitrogens is 2. The van der Waals surface area contributed by atoms with E-state index in [0.29, 0.717) is 18.5 Å². The Hall–Kier alpha value is -1.71. The molecule has 0 radical (unpaired) electrons. The van der Waals surface area contributed by atoms with Crippen LogP contribution in [0.2, 0.25) is 0 Å². The second kappa shape index (κ2) is 5.95. The van der Waals surface area contributed by atoms with Crippen molar-refractivity contribution in [3.63, 3.8) is 0 Å². The van der Waals surface area contributed by atoms with Crippen LogP contribution in [0.1, 0.15) is 11.4 Å². The molecule has 0 atom stereocenters. The van der Waals surface area contributed by atoms with Crippen LogP contribution in [-0.2, 0) is 23.0 Å². The smallest absolute Gasteiger partial charge is 0.257 e. The normalized spacial score (nSPS) is 11.8. The van der Waals surface area contributed by atoms with Gasteiger partial charge in [-0.1, -0.05) is 0 Å². The summed E-state index contributed by atoms with van der Waals surface area (Å²) in [5.41, 5.74) is 0.605. The van der Waals surface area contributed by atoms with E-state index >= 15 is 0 Å². The highest BCUT2D eigenvalue weighted by atomic mass is 32.2. The third kappa shape index (κ3) is 3.40. The first-order chi connectivity index (χ1) is 9.13. The average molecular weight is 284 g/mol. The summed E-state index contributed by atoms with van der Waals surface area (Å²) in [4.78, 5) is 6.94. The van der Waals surface area contributed by atoms with Gasteiger partial charge in [0.1, 0.15) is 5.82 Å². The molecule has 0 spiro atoms. The molecule has 2 aromatic rings. The van der Waals surface area contributed by atoms with Gasteiger partial charge in [-0.15, -0.1) is 0 Å². The lowest BCUT2D eigenvalue weighted by Crippen LogP contribution is -2.27. The minimum Gasteiger partial charge on any atom is -0.349 e. The minimum atomic E-state index is -3.57. The molecule has 9 heteroatoms. The number of aromatic amines is 2. The van der Waals surface area contributed by atoms with E-state index in [1.165, 1.54) is 6.20 Å². The van der Waals surface area contributed by atoms with Gasteiger partial charge < -0.3 is 10.3 Å². The van der Waals surface area contributed by atoms with Crippen LogP contribution in [0.25, 0.3) is 0 Å². The minimum absolute atomic E-state index is 0.0984. The maximum absolute atomic E-state index is 12.1. The third-order valence-corrected chi connectivity index (χ3v) is 4.00. The lowest BCUT2D eigenvalue weighted by Gasteiger charge is -2.06. The van der Waals surface area contributed by atoms with Gasteiger partial charge in [-0.3, -0.25) is 5.10 Å². The molecule has 19 heavy (non-hydrogen) atoms. The molecular formula is C10H16N6O2S. The summed E-state index contributed by atoms with van der Waals surface area (Å²) in [5, 5.41) is 9.27. The van der Waals surface area contributed by atoms with Gasteiger partial charge in [0.2, 0.25) is 0 Å². The molecular weight excluding hydrogens is 268 g/mol. The Kier molecular flexibility index (Phi) is 4.30. The van der Waals surface area contributed by atoms with Gasteiger partial charge in [-0.2, -0.15) is 5.10 Å². The van der Waals surface area contributed by atoms with Crippen molar-refractivity contribution < 1.29 is 8.42 Å². The quantitative estimate of drug-likeness (QED) is 0.540. The maximum atomic E-state index is 12.1. The van der Waals surface area contributed by atoms with Gasteiger partial charge >= 0.3 is 0 Å². The highest BCUT2D eigenvalue weighted by molar-refractivity contribution is 7.89. The topological polar surface area (TPSA) is 116 Å². The largest absolute Gasteiger partial charge is 0.349 e. The Bertz CT molecular complexity index is 604. The van der Waals surface area contributed by atoms with E-state index in [0.717, 1.165) is 5.82 Å². The first-order valence-electron chi connectivity index (χ1n) is 5.78. The number of rotatable bonds is 7. The molecule has 0 saturated carbocycles. The predicted octanol–water partition coefficient (Wildman–Crippen LogP) is -0.627. The van der Waals surface area contributed by atoms with Crippen molar-refractivity contribution in [2.45, 2.75) is 18.0 Å². The van der Waals surface area contributed by atoms with Crippen LogP contribution < -0.4 is 10.0 Å². The Labute approximate surface area is 111 Å². The number of aromatic nitrogens is 4. The molecule has 0 fully saturated rings. The van der Waals surface area contributed by atoms with Gasteiger partial charge in [-0.05, 0) is 7.05 Å². The summed E-state index contributed by atoms with van der Waals surface area (Å²) in [7, 11) is -1.83. The number of nitrogens with one attached hydrogen (secondary N) is 4. The van der Waals surface area contributed by atoms with Crippen LogP contribution in [0.15, 0.2) is 23.6 Å². The van der Waals surface area contributed by atoms with Crippen molar-refractivity contribution in [1.29, 1.82) is 0 Å². The zero-order valence-corrected chi connectivity index (χ0v) is 11.3. The Morgan fingerprint density at radius 1 is 1.42 bits per heavy atom. The van der Waals surface area contributed by atoms with Crippen molar-refractivity contribution in [1.82, 2.24) is 30.2 Å². The molecule has 2 aromatic heterocycles. The van der Waals surface area contributed by atoms with E-state index in [4.69, 9.17) is 0 Å². The molecule has 2 rings (SSSR count). The molecule has 0 saturated heterocycles. The Morgan fingerprint density at radius 2 is 2.26 bits per heavy atom. The Balaban J connectivity index is 1.99. The van der Waals surface area contributed by atoms with Crippen LogP contribution in [-0.4, -0.2) is 42.2 Å². The zero-order chi connectivity index (χ0) is 13.7. The monoisotopic (exact) mass is 284 g/mol. The number of hydrogen-bond acceptors (Lipinski definition) is 5. The van der Waals surface area contributed by atoms with Crippen molar-refractivity contribution in [3.05, 3.63) is 30.0 Å². The second-order valence-electron chi connectivity index (χ2n) is 3.94. The van der Waals surface area contributed by atoms with E-state index < -0.39 is 10.0 Å². The van der Waals surface area contributed by atoms with Gasteiger partial charge in [0, 0.05) is 37.5 Å². The van der Waals surface area contributed by atoms with Crippen molar-refractivity contribution >= 4 is 10.0 Å². The first-order valence-corrected chi connectivity index (χ1v) is 7.26. The number of hydrogen-bond donors (Lipinski definition) is 4. The summed E-state index contributed by atoms with van der Waals surface area (Å²) >= 11 is 0. The van der Waals surface area contributed by atoms with E-state index in [-0.39, 0.29) is 11.6 Å². The maximum Gasteiger partial charge on any atom is 0.257 e. The summed E-state index contributed by atoms with van der Waals surface area (Å²) in [6, 6.07) is 0. The van der Waals surface area contributed by atoms with Crippen molar-refractivity contribution in [3.8, 4) is 0 Å². The van der Waals surface area contributed by atoms with Crippen LogP contribution in [0.4, 0.5) is 0 Å². The van der Waals surface area contributed by atoms with Crippen LogP contribution in [0, 0.1) is 0 Å². The van der Waals surface area contributed by atoms with Crippen LogP contribution in [0.3, 0.4) is 0 Å². The summed E-state index contributed by atoms with van der Waals surface area (Å²) in [6.45, 7) is 0.707. The molecule has 8 nitrogen and oxygen atoms in total. The number of nitrogens with zero attached hydrogens (tertiary/aromatic N) is 2. The van der Waals surface area contributed by atoms with E-state index in [2.05, 4.69) is 30.2 Å². The average Bonchev–Trinajstić information content (AvgIpc) is 3.00. The van der Waals surface area contributed by atoms with E-state index in [1.54, 1.807) is 19.4 Å². The van der Waals surface area contributed by atoms with Gasteiger partial charge in [0.15, 0.2) is 5.03 Å². The molecule has 4 N–H and O–H groups in total. The lowest BCUT2D eigenvalue weighted by molar-refractivity contribution is 0.574. The van der Waals surface area contributed by atoms with Gasteiger partial charge in [0.25, 0.3) is 10.0 Å². The molecule has 0 bridgehead atoms. The fraction of sp³-hybridized carbons (Fsp3) is 0.400. The van der Waals surface area contributed by atoms with Crippen molar-refractivity contribution in [2.75, 3.05) is 13.6 Å². The lowest BCUT2D eigenvalue weighted by atomic mass is 10.4. The summed E-state index contributed by atoms with van der Waals surface area (Å²) in [5.74, 6) is 0.739. The summed E-state index contributed by atoms with van der Waals surface area (Å²) in [6.07, 6.45) is 5.33. The molecule has 0 aliphatic heterocycles. The van der Waals surface area contributed by atoms with Crippen LogP contribution in [0.5, 0.6) is 0 Å². The Morgan fingerprint density at radius 3 is 2.95 bits per heavy atom. The SMILES string of the molecule is CNCc1cn[nH]c1S(=O)(=O)NCCc1ncc[nH]1. The number of imidazole rings is 1. The van der Waals surface area contributed by atoms with E-state index in [1.807, 2.05) is 0 Å². The zero-order valence-electron chi connectivity index (χ0n) is 10.5. The molecule has 0 aromatic carbocycles. The second-order valence-corrected chi connectivity index (χ2v) is 5.64. The molecule has 0 aliphatic carbocycles. The van der Waals surface area contributed by atoms with Gasteiger partial charge in [-0.25, -0.2) is 18.1 Å². The fourth-order valence-electron chi connectivity index (χ4n) is 1.66.